The minimum Gasteiger partial charge on any atom is -0.481 e. The third kappa shape index (κ3) is 24.7. The molecule has 0 saturated heterocycles. The van der Waals surface area contributed by atoms with E-state index in [0.29, 0.717) is 0 Å². The highest BCUT2D eigenvalue weighted by Crippen LogP contribution is 2.29. The van der Waals surface area contributed by atoms with E-state index in [0.717, 1.165) is 6.92 Å². The number of carbonyl (C=O) groups excluding carboxylic acids is 1. The van der Waals surface area contributed by atoms with Crippen LogP contribution in [0.2, 0.25) is 0 Å². The maximum absolute atomic E-state index is 10.5. The zero-order chi connectivity index (χ0) is 35.1. The number of carbonyl (C=O) groups is 4. The smallest absolute Gasteiger partial charge is 0.333 e. The van der Waals surface area contributed by atoms with Crippen molar-refractivity contribution in [1.29, 1.82) is 0 Å². The van der Waals surface area contributed by atoms with Crippen LogP contribution in [0.1, 0.15) is 39.5 Å². The minimum absolute atomic E-state index is 0.0258. The second-order valence-corrected chi connectivity index (χ2v) is 10.3. The molecule has 0 rings (SSSR count). The molecule has 0 spiro atoms. The van der Waals surface area contributed by atoms with Crippen molar-refractivity contribution >= 4 is 31.9 Å². The molecule has 0 radical (unpaired) electrons. The Kier molecular flexibility index (Phi) is 27.5. The lowest BCUT2D eigenvalue weighted by atomic mass is 9.98. The number of aliphatic hydroxyl groups is 10. The number of aliphatic hydroxyl groups excluding tert-OH is 8. The summed E-state index contributed by atoms with van der Waals surface area (Å²) < 4.78 is 21.0. The van der Waals surface area contributed by atoms with Crippen molar-refractivity contribution in [2.45, 2.75) is 86.8 Å². The molecule has 0 heterocycles. The second-order valence-electron chi connectivity index (χ2n) is 9.21. The average Bonchev–Trinajstić information content (AvgIpc) is 2.86. The predicted molar refractivity (Wildman–Crippen MR) is 141 cm³/mol. The Hall–Kier alpha value is -2.46. The van der Waals surface area contributed by atoms with Crippen LogP contribution in [0.3, 0.4) is 0 Å². The van der Waals surface area contributed by atoms with Crippen molar-refractivity contribution in [3.05, 3.63) is 0 Å². The summed E-state index contributed by atoms with van der Waals surface area (Å²) in [6.45, 7) is 0.849. The van der Waals surface area contributed by atoms with Gasteiger partial charge in [-0.1, -0.05) is 0 Å². The van der Waals surface area contributed by atoms with Gasteiger partial charge in [0.25, 0.3) is 0 Å². The number of carboxylic acid groups (broad SMARTS) is 3. The normalized spacial score (nSPS) is 17.4. The molecule has 0 aliphatic rings. The highest BCUT2D eigenvalue weighted by molar-refractivity contribution is 7.33. The van der Waals surface area contributed by atoms with E-state index in [4.69, 9.17) is 67.0 Å². The number of aliphatic carboxylic acids is 3. The average molecular weight is 658 g/mol. The highest BCUT2D eigenvalue weighted by Gasteiger charge is 2.41. The largest absolute Gasteiger partial charge is 0.481 e. The van der Waals surface area contributed by atoms with Gasteiger partial charge in [0.1, 0.15) is 30.5 Å². The Morgan fingerprint density at radius 2 is 1.28 bits per heavy atom. The lowest BCUT2D eigenvalue weighted by Crippen LogP contribution is -2.46. The van der Waals surface area contributed by atoms with Crippen molar-refractivity contribution in [2.75, 3.05) is 26.4 Å². The van der Waals surface area contributed by atoms with Crippen molar-refractivity contribution < 1.29 is 94.7 Å². The number of hydrogen-bond acceptors (Lipinski definition) is 17. The van der Waals surface area contributed by atoms with Gasteiger partial charge in [0, 0.05) is 26.2 Å². The van der Waals surface area contributed by atoms with Gasteiger partial charge in [0.2, 0.25) is 0 Å². The van der Waals surface area contributed by atoms with Crippen LogP contribution in [0.25, 0.3) is 0 Å². The van der Waals surface area contributed by atoms with Gasteiger partial charge in [0.05, 0.1) is 24.2 Å². The molecular weight excluding hydrogens is 613 g/mol. The molecule has 0 bridgehead atoms. The predicted octanol–water partition coefficient (Wildman–Crippen LogP) is -5.26. The maximum atomic E-state index is 10.5. The van der Waals surface area contributed by atoms with E-state index in [-0.39, 0.29) is 45.2 Å². The first-order valence-electron chi connectivity index (χ1n) is 12.2. The number of hydrogen-bond donors (Lipinski definition) is 14. The van der Waals surface area contributed by atoms with Gasteiger partial charge in [-0.25, -0.2) is 9.13 Å². The van der Waals surface area contributed by atoms with Crippen LogP contribution in [-0.2, 0) is 28.3 Å². The van der Waals surface area contributed by atoms with Gasteiger partial charge in [0.15, 0.2) is 11.9 Å². The van der Waals surface area contributed by atoms with Crippen LogP contribution >= 0.6 is 7.68 Å². The first-order chi connectivity index (χ1) is 19.5. The van der Waals surface area contributed by atoms with E-state index in [1.54, 1.807) is 0 Å². The molecular formula is C22H44NO19P. The lowest BCUT2D eigenvalue weighted by molar-refractivity contribution is -0.143. The standard InChI is InChI=1S/C6H11O6P.C6H12O6.C6H12O4.C4H9NO3/c1-6(10,2-3-7)4(5(8)9)13(11)12;7-1-3(9)5(11)6(12)4(10)2-8;1-6(10,2-3-7)4-5(8)9;5-3(1-2-6)4(7)8/h4,7,10H,2-3H2,1H3,(H,8,9);1,3-6,8-12H,2H2;7,10H,2-4H2,1H3,(H,8,9);3,6H,1-2,5H2,(H,7,8)/t4?,6-;3-,4+,5+,6-;6-;3-/m1010/s1. The summed E-state index contributed by atoms with van der Waals surface area (Å²) >= 11 is 0. The summed E-state index contributed by atoms with van der Waals surface area (Å²) in [6, 6.07) is -0.917. The summed E-state index contributed by atoms with van der Waals surface area (Å²) in [7, 11) is -3.26. The number of aldehydes is 1. The molecule has 0 aliphatic heterocycles. The molecule has 0 aliphatic carbocycles. The third-order valence-corrected chi connectivity index (χ3v) is 6.21. The minimum atomic E-state index is -3.26. The fraction of sp³-hybridized carbons (Fsp3) is 0.818. The lowest BCUT2D eigenvalue weighted by Gasteiger charge is -2.23. The Labute approximate surface area is 246 Å². The van der Waals surface area contributed by atoms with Crippen LogP contribution in [0.5, 0.6) is 0 Å². The summed E-state index contributed by atoms with van der Waals surface area (Å²) in [5.74, 6) is -3.74. The Morgan fingerprint density at radius 3 is 1.53 bits per heavy atom. The summed E-state index contributed by atoms with van der Waals surface area (Å²) in [4.78, 5) is 40.2. The summed E-state index contributed by atoms with van der Waals surface area (Å²) in [6.07, 6.45) is -7.25. The first-order valence-corrected chi connectivity index (χ1v) is 13.4. The Balaban J connectivity index is -0.000000239. The Morgan fingerprint density at radius 1 is 0.814 bits per heavy atom. The Bertz CT molecular complexity index is 857. The molecule has 0 aromatic carbocycles. The van der Waals surface area contributed by atoms with E-state index in [9.17, 15) is 33.4 Å². The molecule has 15 N–H and O–H groups in total. The van der Waals surface area contributed by atoms with Crippen LogP contribution in [0.15, 0.2) is 0 Å². The first kappa shape index (κ1) is 47.5. The third-order valence-electron chi connectivity index (χ3n) is 5.01. The maximum Gasteiger partial charge on any atom is 0.333 e. The molecule has 20 nitrogen and oxygen atoms in total. The molecule has 0 fully saturated rings. The monoisotopic (exact) mass is 657 g/mol. The highest BCUT2D eigenvalue weighted by atomic mass is 31.1. The molecule has 1 unspecified atom stereocenters. The van der Waals surface area contributed by atoms with Crippen molar-refractivity contribution in [3.8, 4) is 0 Å². The van der Waals surface area contributed by atoms with Gasteiger partial charge in [-0.15, -0.1) is 0 Å². The molecule has 21 heteroatoms. The molecule has 256 valence electrons. The van der Waals surface area contributed by atoms with E-state index in [1.165, 1.54) is 6.92 Å². The molecule has 0 aromatic rings. The van der Waals surface area contributed by atoms with Gasteiger partial charge in [-0.05, 0) is 26.7 Å². The van der Waals surface area contributed by atoms with Gasteiger partial charge in [-0.2, -0.15) is 0 Å². The van der Waals surface area contributed by atoms with E-state index in [2.05, 4.69) is 0 Å². The van der Waals surface area contributed by atoms with Crippen LogP contribution < -0.4 is 5.73 Å². The zero-order valence-corrected chi connectivity index (χ0v) is 24.4. The van der Waals surface area contributed by atoms with Crippen molar-refractivity contribution in [1.82, 2.24) is 0 Å². The van der Waals surface area contributed by atoms with Gasteiger partial charge >= 0.3 is 25.6 Å². The van der Waals surface area contributed by atoms with Crippen molar-refractivity contribution in [2.24, 2.45) is 5.73 Å². The summed E-state index contributed by atoms with van der Waals surface area (Å²) in [5.41, 5.74) is -0.124. The van der Waals surface area contributed by atoms with E-state index >= 15 is 0 Å². The molecule has 0 saturated carbocycles. The summed E-state index contributed by atoms with van der Waals surface area (Å²) in [5, 5.41) is 112. The second kappa shape index (κ2) is 24.9. The van der Waals surface area contributed by atoms with Crippen LogP contribution in [0, 0.1) is 0 Å². The van der Waals surface area contributed by atoms with Gasteiger partial charge < -0.3 is 76.9 Å². The number of nitrogens with two attached hydrogens (primary N) is 1. The molecule has 0 aromatic heterocycles. The topological polar surface area (TPSA) is 391 Å². The van der Waals surface area contributed by atoms with E-state index < -0.39 is 86.1 Å². The fourth-order valence-corrected chi connectivity index (χ4v) is 3.25. The number of rotatable bonds is 17. The quantitative estimate of drug-likeness (QED) is 0.0513. The zero-order valence-electron chi connectivity index (χ0n) is 23.5. The van der Waals surface area contributed by atoms with Crippen LogP contribution in [-0.4, -0.2) is 164 Å². The van der Waals surface area contributed by atoms with Crippen LogP contribution in [0.4, 0.5) is 0 Å². The molecule has 0 amide bonds. The molecule has 8 atom stereocenters. The fourth-order valence-electron chi connectivity index (χ4n) is 2.48. The van der Waals surface area contributed by atoms with E-state index in [1.807, 2.05) is 0 Å². The number of carboxylic acids is 3. The van der Waals surface area contributed by atoms with Gasteiger partial charge in [-0.3, -0.25) is 14.4 Å². The molecule has 43 heavy (non-hydrogen) atoms. The SMILES string of the molecule is C[C@@](O)(CCO)C(C(=O)O)P(=O)=O.C[C@@](O)(CCO)CC(=O)O.N[C@@H](CCO)C(=O)O.O=C[C@H](O)[C@@H](O)[C@@H](O)[C@H](O)CO. The van der Waals surface area contributed by atoms with Crippen molar-refractivity contribution in [3.63, 3.8) is 0 Å².